The molecule has 9 heteroatoms. The molecule has 0 aromatic carbocycles. The van der Waals surface area contributed by atoms with E-state index in [1.165, 1.54) is 0 Å². The van der Waals surface area contributed by atoms with E-state index < -0.39 is 31.3 Å². The Bertz CT molecular complexity index is 329. The van der Waals surface area contributed by atoms with E-state index in [1.807, 2.05) is 0 Å². The molecule has 0 atom stereocenters. The Kier molecular flexibility index (Phi) is 5.40. The van der Waals surface area contributed by atoms with Crippen LogP contribution in [0.4, 0.5) is 18.0 Å². The van der Waals surface area contributed by atoms with Crippen molar-refractivity contribution in [1.82, 2.24) is 10.2 Å². The summed E-state index contributed by atoms with van der Waals surface area (Å²) in [6, 6.07) is -1.31. The van der Waals surface area contributed by atoms with Gasteiger partial charge in [-0.15, -0.1) is 0 Å². The van der Waals surface area contributed by atoms with Gasteiger partial charge in [-0.25, -0.2) is 4.79 Å². The first-order chi connectivity index (χ1) is 8.78. The summed E-state index contributed by atoms with van der Waals surface area (Å²) >= 11 is 0. The fourth-order valence-electron chi connectivity index (χ4n) is 1.69. The maximum Gasteiger partial charge on any atom is 0.406 e. The monoisotopic (exact) mass is 284 g/mol. The number of carboxylic acids is 1. The molecule has 1 heterocycles. The molecule has 2 amide bonds. The molecule has 0 aromatic heterocycles. The van der Waals surface area contributed by atoms with Crippen molar-refractivity contribution in [2.45, 2.75) is 25.1 Å². The standard InChI is InChI=1S/C10H15F3N2O4/c11-10(12,13)6-15(5-8(16)17)9(18)14-7-1-3-19-4-2-7/h7H,1-6H2,(H,14,18)(H,16,17). The molecule has 0 unspecified atom stereocenters. The molecule has 0 aromatic rings. The van der Waals surface area contributed by atoms with Crippen LogP contribution in [0.25, 0.3) is 0 Å². The van der Waals surface area contributed by atoms with Crippen LogP contribution >= 0.6 is 0 Å². The summed E-state index contributed by atoms with van der Waals surface area (Å²) in [5.41, 5.74) is 0. The second-order valence-electron chi connectivity index (χ2n) is 4.20. The lowest BCUT2D eigenvalue weighted by molar-refractivity contribution is -0.149. The number of alkyl halides is 3. The zero-order valence-electron chi connectivity index (χ0n) is 10.1. The van der Waals surface area contributed by atoms with E-state index in [0.717, 1.165) is 0 Å². The Hall–Kier alpha value is -1.51. The van der Waals surface area contributed by atoms with Gasteiger partial charge in [-0.2, -0.15) is 13.2 Å². The highest BCUT2D eigenvalue weighted by atomic mass is 19.4. The Morgan fingerprint density at radius 1 is 1.32 bits per heavy atom. The molecular weight excluding hydrogens is 269 g/mol. The van der Waals surface area contributed by atoms with Gasteiger partial charge in [0.2, 0.25) is 0 Å². The number of carbonyl (C=O) groups excluding carboxylic acids is 1. The number of amides is 2. The molecule has 2 N–H and O–H groups in total. The smallest absolute Gasteiger partial charge is 0.406 e. The van der Waals surface area contributed by atoms with Crippen LogP contribution in [0.2, 0.25) is 0 Å². The lowest BCUT2D eigenvalue weighted by atomic mass is 10.1. The van der Waals surface area contributed by atoms with Crippen LogP contribution in [0.3, 0.4) is 0 Å². The average Bonchev–Trinajstić information content (AvgIpc) is 2.27. The van der Waals surface area contributed by atoms with Crippen molar-refractivity contribution in [3.05, 3.63) is 0 Å². The van der Waals surface area contributed by atoms with E-state index in [9.17, 15) is 22.8 Å². The third-order valence-electron chi connectivity index (χ3n) is 2.53. The third kappa shape index (κ3) is 6.27. The minimum absolute atomic E-state index is 0.234. The summed E-state index contributed by atoms with van der Waals surface area (Å²) in [6.45, 7) is -1.74. The summed E-state index contributed by atoms with van der Waals surface area (Å²) in [4.78, 5) is 22.4. The number of rotatable bonds is 4. The molecule has 19 heavy (non-hydrogen) atoms. The Morgan fingerprint density at radius 2 is 1.89 bits per heavy atom. The summed E-state index contributed by atoms with van der Waals surface area (Å²) in [5.74, 6) is -1.49. The van der Waals surface area contributed by atoms with Crippen molar-refractivity contribution in [2.75, 3.05) is 26.3 Å². The van der Waals surface area contributed by atoms with E-state index in [4.69, 9.17) is 9.84 Å². The summed E-state index contributed by atoms with van der Waals surface area (Å²) in [7, 11) is 0. The highest BCUT2D eigenvalue weighted by molar-refractivity contribution is 5.80. The number of hydrogen-bond acceptors (Lipinski definition) is 3. The first kappa shape index (κ1) is 15.5. The van der Waals surface area contributed by atoms with Gasteiger partial charge >= 0.3 is 18.2 Å². The van der Waals surface area contributed by atoms with Gasteiger partial charge in [0.1, 0.15) is 13.1 Å². The molecule has 0 radical (unpaired) electrons. The number of hydrogen-bond donors (Lipinski definition) is 2. The number of urea groups is 1. The molecule has 1 aliphatic rings. The number of aliphatic carboxylic acids is 1. The van der Waals surface area contributed by atoms with Crippen molar-refractivity contribution in [3.63, 3.8) is 0 Å². The van der Waals surface area contributed by atoms with E-state index in [1.54, 1.807) is 0 Å². The molecule has 1 fully saturated rings. The topological polar surface area (TPSA) is 78.9 Å². The van der Waals surface area contributed by atoms with Crippen molar-refractivity contribution in [3.8, 4) is 0 Å². The molecule has 1 aliphatic heterocycles. The molecule has 110 valence electrons. The highest BCUT2D eigenvalue weighted by Gasteiger charge is 2.34. The van der Waals surface area contributed by atoms with Crippen LogP contribution in [0.1, 0.15) is 12.8 Å². The maximum atomic E-state index is 12.3. The van der Waals surface area contributed by atoms with Crippen molar-refractivity contribution in [2.24, 2.45) is 0 Å². The van der Waals surface area contributed by atoms with Gasteiger partial charge in [0.25, 0.3) is 0 Å². The van der Waals surface area contributed by atoms with E-state index >= 15 is 0 Å². The largest absolute Gasteiger partial charge is 0.480 e. The average molecular weight is 284 g/mol. The summed E-state index contributed by atoms with van der Waals surface area (Å²) < 4.78 is 41.8. The predicted molar refractivity (Wildman–Crippen MR) is 57.6 cm³/mol. The highest BCUT2D eigenvalue weighted by Crippen LogP contribution is 2.17. The maximum absolute atomic E-state index is 12.3. The molecule has 0 saturated carbocycles. The van der Waals surface area contributed by atoms with Crippen LogP contribution in [0, 0.1) is 0 Å². The molecule has 0 spiro atoms. The van der Waals surface area contributed by atoms with Gasteiger partial charge in [0, 0.05) is 19.3 Å². The Morgan fingerprint density at radius 3 is 2.37 bits per heavy atom. The van der Waals surface area contributed by atoms with Crippen molar-refractivity contribution >= 4 is 12.0 Å². The van der Waals surface area contributed by atoms with Gasteiger partial charge in [-0.3, -0.25) is 4.79 Å². The van der Waals surface area contributed by atoms with Gasteiger partial charge < -0.3 is 20.1 Å². The van der Waals surface area contributed by atoms with Gasteiger partial charge in [0.05, 0.1) is 0 Å². The van der Waals surface area contributed by atoms with Crippen LogP contribution in [0.5, 0.6) is 0 Å². The second-order valence-corrected chi connectivity index (χ2v) is 4.20. The number of nitrogens with zero attached hydrogens (tertiary/aromatic N) is 1. The Balaban J connectivity index is 2.56. The molecule has 0 aliphatic carbocycles. The van der Waals surface area contributed by atoms with Crippen molar-refractivity contribution < 1.29 is 32.6 Å². The summed E-state index contributed by atoms with van der Waals surface area (Å²) in [5, 5.41) is 10.9. The lowest BCUT2D eigenvalue weighted by Gasteiger charge is -2.28. The third-order valence-corrected chi connectivity index (χ3v) is 2.53. The molecule has 1 saturated heterocycles. The van der Waals surface area contributed by atoms with Crippen LogP contribution in [0.15, 0.2) is 0 Å². The minimum Gasteiger partial charge on any atom is -0.480 e. The normalized spacial score (nSPS) is 17.0. The molecule has 0 bridgehead atoms. The lowest BCUT2D eigenvalue weighted by Crippen LogP contribution is -2.50. The first-order valence-corrected chi connectivity index (χ1v) is 5.69. The van der Waals surface area contributed by atoms with Crippen LogP contribution < -0.4 is 5.32 Å². The van der Waals surface area contributed by atoms with Crippen LogP contribution in [-0.2, 0) is 9.53 Å². The zero-order chi connectivity index (χ0) is 14.5. The molecular formula is C10H15F3N2O4. The zero-order valence-corrected chi connectivity index (χ0v) is 10.1. The number of halogens is 3. The van der Waals surface area contributed by atoms with Crippen LogP contribution in [-0.4, -0.2) is 60.5 Å². The van der Waals surface area contributed by atoms with E-state index in [-0.39, 0.29) is 10.9 Å². The number of carboxylic acid groups (broad SMARTS) is 1. The van der Waals surface area contributed by atoms with Gasteiger partial charge in [-0.05, 0) is 12.8 Å². The SMILES string of the molecule is O=C(O)CN(CC(F)(F)F)C(=O)NC1CCOCC1. The second kappa shape index (κ2) is 6.60. The van der Waals surface area contributed by atoms with E-state index in [0.29, 0.717) is 26.1 Å². The number of nitrogens with one attached hydrogen (secondary N) is 1. The minimum atomic E-state index is -4.64. The predicted octanol–water partition coefficient (Wildman–Crippen LogP) is 0.824. The van der Waals surface area contributed by atoms with Gasteiger partial charge in [0.15, 0.2) is 0 Å². The number of ether oxygens (including phenoxy) is 1. The Labute approximate surface area is 107 Å². The quantitative estimate of drug-likeness (QED) is 0.801. The first-order valence-electron chi connectivity index (χ1n) is 5.69. The molecule has 6 nitrogen and oxygen atoms in total. The fraction of sp³-hybridized carbons (Fsp3) is 0.800. The number of carbonyl (C=O) groups is 2. The van der Waals surface area contributed by atoms with E-state index in [2.05, 4.69) is 5.32 Å². The van der Waals surface area contributed by atoms with Gasteiger partial charge in [-0.1, -0.05) is 0 Å². The van der Waals surface area contributed by atoms with Crippen molar-refractivity contribution in [1.29, 1.82) is 0 Å². The fourth-order valence-corrected chi connectivity index (χ4v) is 1.69. The molecule has 1 rings (SSSR count). The summed E-state index contributed by atoms with van der Waals surface area (Å²) in [6.07, 6.45) is -3.64.